The lowest BCUT2D eigenvalue weighted by molar-refractivity contribution is -0.188. The minimum Gasteiger partial charge on any atom is -0.465 e. The van der Waals surface area contributed by atoms with E-state index in [0.29, 0.717) is 39.3 Å². The highest BCUT2D eigenvalue weighted by atomic mass is 16.7. The molecule has 0 aromatic carbocycles. The Balaban J connectivity index is 4.24. The lowest BCUT2D eigenvalue weighted by atomic mass is 10.2. The largest absolute Gasteiger partial charge is 0.465 e. The topological polar surface area (TPSA) is 71.1 Å². The zero-order chi connectivity index (χ0) is 15.4. The third kappa shape index (κ3) is 8.12. The molecule has 0 saturated heterocycles. The standard InChI is InChI=1S/C14H26O6/c1-5-9-19-13(15)11(4)14(16)20-12(18-7-3)8-10-17-6-2/h11-12H,5-10H2,1-4H3. The summed E-state index contributed by atoms with van der Waals surface area (Å²) in [7, 11) is 0. The van der Waals surface area contributed by atoms with Gasteiger partial charge in [0.2, 0.25) is 6.29 Å². The molecule has 0 aromatic rings. The fourth-order valence-corrected chi connectivity index (χ4v) is 1.34. The number of carbonyl (C=O) groups is 2. The summed E-state index contributed by atoms with van der Waals surface area (Å²) < 4.78 is 20.6. The summed E-state index contributed by atoms with van der Waals surface area (Å²) in [5.41, 5.74) is 0. The van der Waals surface area contributed by atoms with Gasteiger partial charge in [0, 0.05) is 19.6 Å². The van der Waals surface area contributed by atoms with Crippen LogP contribution in [0.3, 0.4) is 0 Å². The van der Waals surface area contributed by atoms with Crippen LogP contribution in [0.4, 0.5) is 0 Å². The maximum atomic E-state index is 11.8. The molecule has 20 heavy (non-hydrogen) atoms. The molecule has 0 N–H and O–H groups in total. The average Bonchev–Trinajstić information content (AvgIpc) is 2.44. The van der Waals surface area contributed by atoms with Crippen LogP contribution in [-0.4, -0.2) is 44.7 Å². The van der Waals surface area contributed by atoms with Gasteiger partial charge in [-0.2, -0.15) is 0 Å². The highest BCUT2D eigenvalue weighted by Gasteiger charge is 2.27. The molecule has 0 aliphatic carbocycles. The predicted octanol–water partition coefficient (Wildman–Crippen LogP) is 1.91. The van der Waals surface area contributed by atoms with Crippen LogP contribution in [-0.2, 0) is 28.5 Å². The van der Waals surface area contributed by atoms with Crippen molar-refractivity contribution in [1.29, 1.82) is 0 Å². The zero-order valence-corrected chi connectivity index (χ0v) is 12.8. The molecule has 2 atom stereocenters. The van der Waals surface area contributed by atoms with Crippen molar-refractivity contribution in [3.05, 3.63) is 0 Å². The quantitative estimate of drug-likeness (QED) is 0.250. The molecule has 0 fully saturated rings. The van der Waals surface area contributed by atoms with Gasteiger partial charge < -0.3 is 18.9 Å². The first-order chi connectivity index (χ1) is 9.56. The summed E-state index contributed by atoms with van der Waals surface area (Å²) in [5, 5.41) is 0. The molecule has 0 bridgehead atoms. The highest BCUT2D eigenvalue weighted by molar-refractivity contribution is 5.94. The van der Waals surface area contributed by atoms with Gasteiger partial charge in [-0.3, -0.25) is 9.59 Å². The summed E-state index contributed by atoms with van der Waals surface area (Å²) in [4.78, 5) is 23.4. The molecule has 0 radical (unpaired) electrons. The third-order valence-electron chi connectivity index (χ3n) is 2.46. The normalized spacial score (nSPS) is 13.6. The van der Waals surface area contributed by atoms with Crippen molar-refractivity contribution in [2.75, 3.05) is 26.4 Å². The summed E-state index contributed by atoms with van der Waals surface area (Å²) in [5.74, 6) is -2.16. The maximum Gasteiger partial charge on any atom is 0.322 e. The van der Waals surface area contributed by atoms with E-state index in [1.54, 1.807) is 6.92 Å². The first kappa shape index (κ1) is 18.9. The Bertz CT molecular complexity index is 279. The van der Waals surface area contributed by atoms with Crippen LogP contribution in [0.25, 0.3) is 0 Å². The van der Waals surface area contributed by atoms with E-state index in [9.17, 15) is 9.59 Å². The second-order valence-corrected chi connectivity index (χ2v) is 4.20. The molecule has 6 heteroatoms. The van der Waals surface area contributed by atoms with Gasteiger partial charge in [0.25, 0.3) is 0 Å². The Hall–Kier alpha value is -1.14. The molecule has 6 nitrogen and oxygen atoms in total. The van der Waals surface area contributed by atoms with Crippen molar-refractivity contribution in [3.63, 3.8) is 0 Å². The van der Waals surface area contributed by atoms with Crippen LogP contribution in [0, 0.1) is 5.92 Å². The second kappa shape index (κ2) is 11.7. The Morgan fingerprint density at radius 2 is 1.70 bits per heavy atom. The Labute approximate surface area is 120 Å². The highest BCUT2D eigenvalue weighted by Crippen LogP contribution is 2.09. The molecule has 0 spiro atoms. The van der Waals surface area contributed by atoms with E-state index >= 15 is 0 Å². The molecule has 0 amide bonds. The molecule has 2 unspecified atom stereocenters. The molecule has 0 aliphatic rings. The van der Waals surface area contributed by atoms with E-state index in [0.717, 1.165) is 0 Å². The van der Waals surface area contributed by atoms with Crippen molar-refractivity contribution in [1.82, 2.24) is 0 Å². The van der Waals surface area contributed by atoms with Crippen molar-refractivity contribution < 1.29 is 28.5 Å². The van der Waals surface area contributed by atoms with Gasteiger partial charge in [0.15, 0.2) is 5.92 Å². The number of rotatable bonds is 11. The molecule has 0 aromatic heterocycles. The number of carbonyl (C=O) groups excluding carboxylic acids is 2. The fraction of sp³-hybridized carbons (Fsp3) is 0.857. The lowest BCUT2D eigenvalue weighted by Gasteiger charge is -2.19. The summed E-state index contributed by atoms with van der Waals surface area (Å²) in [6, 6.07) is 0. The van der Waals surface area contributed by atoms with Crippen molar-refractivity contribution in [2.45, 2.75) is 46.8 Å². The van der Waals surface area contributed by atoms with E-state index in [4.69, 9.17) is 18.9 Å². The summed E-state index contributed by atoms with van der Waals surface area (Å²) in [6.45, 7) is 8.78. The van der Waals surface area contributed by atoms with E-state index in [2.05, 4.69) is 0 Å². The Kier molecular flexibility index (Phi) is 11.0. The molecule has 0 heterocycles. The molecule has 118 valence electrons. The Morgan fingerprint density at radius 1 is 1.00 bits per heavy atom. The SMILES string of the molecule is CCCOC(=O)C(C)C(=O)OC(CCOCC)OCC. The van der Waals surface area contributed by atoms with Crippen LogP contribution < -0.4 is 0 Å². The fourth-order valence-electron chi connectivity index (χ4n) is 1.34. The molecule has 0 aliphatic heterocycles. The van der Waals surface area contributed by atoms with Gasteiger partial charge in [-0.25, -0.2) is 0 Å². The van der Waals surface area contributed by atoms with Gasteiger partial charge >= 0.3 is 11.9 Å². The number of hydrogen-bond donors (Lipinski definition) is 0. The number of hydrogen-bond acceptors (Lipinski definition) is 6. The van der Waals surface area contributed by atoms with Gasteiger partial charge in [-0.15, -0.1) is 0 Å². The zero-order valence-electron chi connectivity index (χ0n) is 12.8. The molecular weight excluding hydrogens is 264 g/mol. The van der Waals surface area contributed by atoms with Crippen molar-refractivity contribution in [3.8, 4) is 0 Å². The minimum atomic E-state index is -0.948. The molecule has 0 saturated carbocycles. The monoisotopic (exact) mass is 290 g/mol. The Morgan fingerprint density at radius 3 is 2.25 bits per heavy atom. The van der Waals surface area contributed by atoms with Crippen molar-refractivity contribution in [2.24, 2.45) is 5.92 Å². The van der Waals surface area contributed by atoms with E-state index in [-0.39, 0.29) is 0 Å². The van der Waals surface area contributed by atoms with Crippen LogP contribution in [0.2, 0.25) is 0 Å². The van der Waals surface area contributed by atoms with E-state index in [1.165, 1.54) is 6.92 Å². The molecular formula is C14H26O6. The second-order valence-electron chi connectivity index (χ2n) is 4.20. The first-order valence-corrected chi connectivity index (χ1v) is 7.13. The summed E-state index contributed by atoms with van der Waals surface area (Å²) >= 11 is 0. The number of ether oxygens (including phenoxy) is 4. The molecule has 0 rings (SSSR count). The van der Waals surface area contributed by atoms with Crippen LogP contribution >= 0.6 is 0 Å². The van der Waals surface area contributed by atoms with Crippen LogP contribution in [0.1, 0.15) is 40.5 Å². The maximum absolute atomic E-state index is 11.8. The minimum absolute atomic E-state index is 0.301. The number of esters is 2. The van der Waals surface area contributed by atoms with E-state index < -0.39 is 24.1 Å². The average molecular weight is 290 g/mol. The van der Waals surface area contributed by atoms with Gasteiger partial charge in [-0.1, -0.05) is 6.92 Å². The van der Waals surface area contributed by atoms with E-state index in [1.807, 2.05) is 13.8 Å². The van der Waals surface area contributed by atoms with Crippen LogP contribution in [0.5, 0.6) is 0 Å². The van der Waals surface area contributed by atoms with Gasteiger partial charge in [-0.05, 0) is 27.2 Å². The predicted molar refractivity (Wildman–Crippen MR) is 73.0 cm³/mol. The third-order valence-corrected chi connectivity index (χ3v) is 2.46. The van der Waals surface area contributed by atoms with Crippen molar-refractivity contribution >= 4 is 11.9 Å². The first-order valence-electron chi connectivity index (χ1n) is 7.13. The van der Waals surface area contributed by atoms with Gasteiger partial charge in [0.1, 0.15) is 0 Å². The lowest BCUT2D eigenvalue weighted by Crippen LogP contribution is -2.31. The van der Waals surface area contributed by atoms with Gasteiger partial charge in [0.05, 0.1) is 13.2 Å². The smallest absolute Gasteiger partial charge is 0.322 e. The summed E-state index contributed by atoms with van der Waals surface area (Å²) in [6.07, 6.45) is 0.452. The van der Waals surface area contributed by atoms with Crippen LogP contribution in [0.15, 0.2) is 0 Å².